The summed E-state index contributed by atoms with van der Waals surface area (Å²) in [4.78, 5) is 17.0. The highest BCUT2D eigenvalue weighted by molar-refractivity contribution is 7.85. The van der Waals surface area contributed by atoms with Gasteiger partial charge in [0.05, 0.1) is 6.26 Å². The van der Waals surface area contributed by atoms with Crippen molar-refractivity contribution in [2.45, 2.75) is 0 Å². The third-order valence-corrected chi connectivity index (χ3v) is 1.21. The first-order valence-corrected chi connectivity index (χ1v) is 5.61. The van der Waals surface area contributed by atoms with Crippen LogP contribution in [0.3, 0.4) is 0 Å². The average molecular weight is 248 g/mol. The molecular weight excluding hydrogens is 240 g/mol. The number of hydrogen-bond acceptors (Lipinski definition) is 7. The van der Waals surface area contributed by atoms with Crippen LogP contribution in [0, 0.1) is 0 Å². The molecule has 0 amide bonds. The second-order valence-electron chi connectivity index (χ2n) is 2.68. The topological polar surface area (TPSA) is 168 Å². The number of fused-ring (bicyclic) bond motifs is 1. The lowest BCUT2D eigenvalue weighted by atomic mass is 10.5. The Morgan fingerprint density at radius 1 is 1.38 bits per heavy atom. The summed E-state index contributed by atoms with van der Waals surface area (Å²) in [5.41, 5.74) is 5.24. The fourth-order valence-corrected chi connectivity index (χ4v) is 0.773. The van der Waals surface area contributed by atoms with Crippen LogP contribution in [0.2, 0.25) is 0 Å². The van der Waals surface area contributed by atoms with Gasteiger partial charge in [-0.1, -0.05) is 0 Å². The van der Waals surface area contributed by atoms with Crippen LogP contribution in [0.25, 0.3) is 11.2 Å². The molecule has 0 saturated carbocycles. The zero-order valence-electron chi connectivity index (χ0n) is 8.00. The number of nitrogens with zero attached hydrogens (tertiary/aromatic N) is 3. The summed E-state index contributed by atoms with van der Waals surface area (Å²) in [6.45, 7) is 0. The van der Waals surface area contributed by atoms with E-state index in [1.807, 2.05) is 0 Å². The minimum Gasteiger partial charge on any atom is -0.369 e. The summed E-state index contributed by atoms with van der Waals surface area (Å²) in [6, 6.07) is 0. The lowest BCUT2D eigenvalue weighted by Crippen LogP contribution is -2.10. The Labute approximate surface area is 88.6 Å². The highest BCUT2D eigenvalue weighted by Gasteiger charge is 2.03. The summed E-state index contributed by atoms with van der Waals surface area (Å²) in [7, 11) is -3.67. The normalized spacial score (nSPS) is 10.9. The van der Waals surface area contributed by atoms with Gasteiger partial charge in [0.2, 0.25) is 11.6 Å². The number of aromatic amines is 2. The van der Waals surface area contributed by atoms with E-state index in [0.29, 0.717) is 6.26 Å². The maximum absolute atomic E-state index is 11.0. The van der Waals surface area contributed by atoms with Gasteiger partial charge in [-0.05, 0) is 0 Å². The van der Waals surface area contributed by atoms with Crippen LogP contribution < -0.4 is 11.3 Å². The number of anilines is 1. The van der Waals surface area contributed by atoms with Crippen molar-refractivity contribution in [2.75, 3.05) is 12.0 Å². The Morgan fingerprint density at radius 2 is 1.94 bits per heavy atom. The third-order valence-electron chi connectivity index (χ3n) is 1.21. The van der Waals surface area contributed by atoms with Crippen molar-refractivity contribution in [3.8, 4) is 0 Å². The Balaban J connectivity index is 0.000000221. The standard InChI is InChI=1S/C4H4N6O.CH4O3S/c5-4-6-2-1(3(11)7-4)8-10-9-2;1-5(2,3)4/h(H4,5,6,7,8,9,10,11);1H3,(H,2,3,4). The van der Waals surface area contributed by atoms with Gasteiger partial charge in [-0.2, -0.15) is 18.6 Å². The van der Waals surface area contributed by atoms with Crippen LogP contribution in [0.5, 0.6) is 0 Å². The van der Waals surface area contributed by atoms with E-state index >= 15 is 0 Å². The summed E-state index contributed by atoms with van der Waals surface area (Å²) >= 11 is 0. The van der Waals surface area contributed by atoms with E-state index < -0.39 is 10.1 Å². The van der Waals surface area contributed by atoms with E-state index in [-0.39, 0.29) is 22.7 Å². The van der Waals surface area contributed by atoms with E-state index in [1.165, 1.54) is 0 Å². The van der Waals surface area contributed by atoms with Gasteiger partial charge < -0.3 is 5.73 Å². The SMILES string of the molecule is CS(=O)(=O)O.Nc1nc2n[nH]nc2c(=O)[nH]1. The Kier molecular flexibility index (Phi) is 3.20. The molecule has 2 heterocycles. The smallest absolute Gasteiger partial charge is 0.282 e. The van der Waals surface area contributed by atoms with Crippen molar-refractivity contribution in [2.24, 2.45) is 0 Å². The molecule has 0 aliphatic carbocycles. The van der Waals surface area contributed by atoms with Gasteiger partial charge in [-0.15, -0.1) is 10.2 Å². The molecule has 11 heteroatoms. The molecule has 0 spiro atoms. The molecule has 88 valence electrons. The zero-order chi connectivity index (χ0) is 12.3. The first-order valence-electron chi connectivity index (χ1n) is 3.76. The van der Waals surface area contributed by atoms with Crippen LogP contribution in [-0.4, -0.2) is 44.6 Å². The zero-order valence-corrected chi connectivity index (χ0v) is 8.82. The molecule has 2 rings (SSSR count). The van der Waals surface area contributed by atoms with Crippen LogP contribution in [0.1, 0.15) is 0 Å². The Morgan fingerprint density at radius 3 is 2.50 bits per heavy atom. The first-order chi connectivity index (χ1) is 7.27. The van der Waals surface area contributed by atoms with Gasteiger partial charge >= 0.3 is 0 Å². The predicted octanol–water partition coefficient (Wildman–Crippen LogP) is -1.87. The fourth-order valence-electron chi connectivity index (χ4n) is 0.773. The van der Waals surface area contributed by atoms with E-state index in [4.69, 9.17) is 10.3 Å². The number of hydrogen-bond donors (Lipinski definition) is 4. The molecule has 0 unspecified atom stereocenters. The largest absolute Gasteiger partial charge is 0.369 e. The molecule has 0 atom stereocenters. The van der Waals surface area contributed by atoms with E-state index in [2.05, 4.69) is 25.4 Å². The second kappa shape index (κ2) is 4.24. The molecule has 5 N–H and O–H groups in total. The van der Waals surface area contributed by atoms with E-state index in [9.17, 15) is 13.2 Å². The highest BCUT2D eigenvalue weighted by Crippen LogP contribution is 1.96. The lowest BCUT2D eigenvalue weighted by Gasteiger charge is -1.87. The maximum atomic E-state index is 11.0. The average Bonchev–Trinajstić information content (AvgIpc) is 2.47. The molecule has 10 nitrogen and oxygen atoms in total. The minimum atomic E-state index is -3.67. The number of H-pyrrole nitrogens is 2. The van der Waals surface area contributed by atoms with Gasteiger partial charge in [0.15, 0.2) is 5.52 Å². The molecular formula is C5H8N6O4S. The van der Waals surface area contributed by atoms with E-state index in [1.54, 1.807) is 0 Å². The van der Waals surface area contributed by atoms with Crippen molar-refractivity contribution in [3.63, 3.8) is 0 Å². The summed E-state index contributed by atoms with van der Waals surface area (Å²) in [5, 5.41) is 9.42. The molecule has 2 aromatic heterocycles. The van der Waals surface area contributed by atoms with Crippen LogP contribution in [0.15, 0.2) is 4.79 Å². The lowest BCUT2D eigenvalue weighted by molar-refractivity contribution is 0.490. The molecule has 0 aliphatic heterocycles. The highest BCUT2D eigenvalue weighted by atomic mass is 32.2. The van der Waals surface area contributed by atoms with Crippen molar-refractivity contribution in [3.05, 3.63) is 10.4 Å². The van der Waals surface area contributed by atoms with Crippen molar-refractivity contribution >= 4 is 27.2 Å². The summed E-state index contributed by atoms with van der Waals surface area (Å²) in [6.07, 6.45) is 0.715. The molecule has 2 aromatic rings. The number of rotatable bonds is 0. The fraction of sp³-hybridized carbons (Fsp3) is 0.200. The Bertz CT molecular complexity index is 634. The van der Waals surface area contributed by atoms with E-state index in [0.717, 1.165) is 0 Å². The van der Waals surface area contributed by atoms with Gasteiger partial charge in [-0.25, -0.2) is 0 Å². The molecule has 0 bridgehead atoms. The monoisotopic (exact) mass is 248 g/mol. The van der Waals surface area contributed by atoms with Gasteiger partial charge in [0, 0.05) is 0 Å². The van der Waals surface area contributed by atoms with Gasteiger partial charge in [-0.3, -0.25) is 14.3 Å². The number of nitrogen functional groups attached to an aromatic ring is 1. The van der Waals surface area contributed by atoms with Crippen LogP contribution in [0.4, 0.5) is 5.95 Å². The number of nitrogens with one attached hydrogen (secondary N) is 2. The molecule has 0 fully saturated rings. The van der Waals surface area contributed by atoms with Gasteiger partial charge in [0.25, 0.3) is 15.7 Å². The molecule has 0 saturated heterocycles. The molecule has 0 radical (unpaired) electrons. The van der Waals surface area contributed by atoms with Crippen molar-refractivity contribution in [1.82, 2.24) is 25.4 Å². The molecule has 0 aromatic carbocycles. The summed E-state index contributed by atoms with van der Waals surface area (Å²) in [5.74, 6) is 0.0383. The van der Waals surface area contributed by atoms with Gasteiger partial charge in [0.1, 0.15) is 0 Å². The van der Waals surface area contributed by atoms with Crippen molar-refractivity contribution in [1.29, 1.82) is 0 Å². The summed E-state index contributed by atoms with van der Waals surface area (Å²) < 4.78 is 25.9. The minimum absolute atomic E-state index is 0.0383. The second-order valence-corrected chi connectivity index (χ2v) is 4.15. The first kappa shape index (κ1) is 12.1. The maximum Gasteiger partial charge on any atom is 0.282 e. The van der Waals surface area contributed by atoms with Crippen LogP contribution >= 0.6 is 0 Å². The quantitative estimate of drug-likeness (QED) is 0.393. The molecule has 16 heavy (non-hydrogen) atoms. The third kappa shape index (κ3) is 3.62. The van der Waals surface area contributed by atoms with Crippen molar-refractivity contribution < 1.29 is 13.0 Å². The number of nitrogens with two attached hydrogens (primary N) is 1. The molecule has 0 aliphatic rings. The predicted molar refractivity (Wildman–Crippen MR) is 54.2 cm³/mol. The van der Waals surface area contributed by atoms with Crippen LogP contribution in [-0.2, 0) is 10.1 Å². The number of aromatic nitrogens is 5. The Hall–Kier alpha value is -2.01.